The fraction of sp³-hybridized carbons (Fsp3) is 0.0800. The van der Waals surface area contributed by atoms with Gasteiger partial charge in [0.1, 0.15) is 5.03 Å². The van der Waals surface area contributed by atoms with Crippen LogP contribution in [0.25, 0.3) is 5.69 Å². The molecule has 0 aliphatic rings. The molecule has 0 radical (unpaired) electrons. The Kier molecular flexibility index (Phi) is 6.73. The lowest BCUT2D eigenvalue weighted by Crippen LogP contribution is -2.26. The molecule has 3 aromatic carbocycles. The van der Waals surface area contributed by atoms with Crippen LogP contribution in [-0.4, -0.2) is 15.7 Å². The molecule has 1 heterocycles. The lowest BCUT2D eigenvalue weighted by Gasteiger charge is -2.14. The van der Waals surface area contributed by atoms with Crippen molar-refractivity contribution in [3.8, 4) is 5.69 Å². The van der Waals surface area contributed by atoms with Crippen LogP contribution in [0.4, 0.5) is 0 Å². The van der Waals surface area contributed by atoms with E-state index in [2.05, 4.69) is 10.4 Å². The number of benzene rings is 3. The smallest absolute Gasteiger partial charge is 0.271 e. The second-order valence-corrected chi connectivity index (χ2v) is 8.66. The first-order chi connectivity index (χ1) is 15.5. The standard InChI is InChI=1S/C25H20ClN3O2S/c1-17(18-5-3-2-4-6-18)27-25(31)19-7-11-21(12-8-19)29-24(30)16-15-23(28-29)32-22-13-9-20(26)10-14-22/h2-17H,1H3,(H,27,31). The molecule has 0 bridgehead atoms. The fourth-order valence-corrected chi connectivity index (χ4v) is 4.01. The number of nitrogens with zero attached hydrogens (tertiary/aromatic N) is 2. The van der Waals surface area contributed by atoms with Gasteiger partial charge in [0.2, 0.25) is 0 Å². The molecule has 0 saturated carbocycles. The molecule has 1 atom stereocenters. The second kappa shape index (κ2) is 9.85. The van der Waals surface area contributed by atoms with Crippen molar-refractivity contribution in [2.45, 2.75) is 22.9 Å². The zero-order chi connectivity index (χ0) is 22.5. The number of rotatable bonds is 6. The van der Waals surface area contributed by atoms with Gasteiger partial charge in [-0.25, -0.2) is 0 Å². The Morgan fingerprint density at radius 3 is 2.31 bits per heavy atom. The van der Waals surface area contributed by atoms with Crippen molar-refractivity contribution < 1.29 is 4.79 Å². The van der Waals surface area contributed by atoms with Gasteiger partial charge in [-0.1, -0.05) is 53.7 Å². The van der Waals surface area contributed by atoms with Crippen molar-refractivity contribution >= 4 is 29.3 Å². The third-order valence-corrected chi connectivity index (χ3v) is 6.02. The average molecular weight is 462 g/mol. The number of carbonyl (C=O) groups is 1. The van der Waals surface area contributed by atoms with Crippen molar-refractivity contribution in [3.05, 3.63) is 117 Å². The predicted molar refractivity (Wildman–Crippen MR) is 128 cm³/mol. The molecule has 1 amide bonds. The Morgan fingerprint density at radius 2 is 1.62 bits per heavy atom. The van der Waals surface area contributed by atoms with E-state index in [1.54, 1.807) is 30.3 Å². The van der Waals surface area contributed by atoms with E-state index in [0.29, 0.717) is 21.3 Å². The van der Waals surface area contributed by atoms with Gasteiger partial charge >= 0.3 is 0 Å². The van der Waals surface area contributed by atoms with E-state index in [1.807, 2.05) is 61.5 Å². The summed E-state index contributed by atoms with van der Waals surface area (Å²) in [6.07, 6.45) is 0. The number of amides is 1. The highest BCUT2D eigenvalue weighted by molar-refractivity contribution is 7.99. The normalized spacial score (nSPS) is 11.7. The monoisotopic (exact) mass is 461 g/mol. The summed E-state index contributed by atoms with van der Waals surface area (Å²) in [7, 11) is 0. The Labute approximate surface area is 195 Å². The van der Waals surface area contributed by atoms with Crippen LogP contribution in [0.2, 0.25) is 5.02 Å². The highest BCUT2D eigenvalue weighted by atomic mass is 35.5. The van der Waals surface area contributed by atoms with Gasteiger partial charge in [0, 0.05) is 21.5 Å². The summed E-state index contributed by atoms with van der Waals surface area (Å²) in [5.41, 5.74) is 1.88. The second-order valence-electron chi connectivity index (χ2n) is 7.13. The van der Waals surface area contributed by atoms with Gasteiger partial charge in [0.25, 0.3) is 11.5 Å². The van der Waals surface area contributed by atoms with Gasteiger partial charge < -0.3 is 5.32 Å². The maximum absolute atomic E-state index is 12.6. The molecular formula is C25H20ClN3O2S. The van der Waals surface area contributed by atoms with Crippen molar-refractivity contribution in [3.63, 3.8) is 0 Å². The summed E-state index contributed by atoms with van der Waals surface area (Å²) in [4.78, 5) is 26.0. The number of halogens is 1. The summed E-state index contributed by atoms with van der Waals surface area (Å²) in [5, 5.41) is 8.78. The van der Waals surface area contributed by atoms with Crippen LogP contribution in [0.15, 0.2) is 106 Å². The molecule has 5 nitrogen and oxygen atoms in total. The van der Waals surface area contributed by atoms with Gasteiger partial charge in [0.05, 0.1) is 11.7 Å². The molecule has 0 saturated heterocycles. The number of nitrogens with one attached hydrogen (secondary N) is 1. The van der Waals surface area contributed by atoms with E-state index in [4.69, 9.17) is 11.6 Å². The first kappa shape index (κ1) is 21.9. The molecular weight excluding hydrogens is 442 g/mol. The van der Waals surface area contributed by atoms with Crippen molar-refractivity contribution in [1.82, 2.24) is 15.1 Å². The van der Waals surface area contributed by atoms with Crippen LogP contribution in [0.5, 0.6) is 0 Å². The fourth-order valence-electron chi connectivity index (χ4n) is 3.12. The zero-order valence-electron chi connectivity index (χ0n) is 17.2. The molecule has 0 aliphatic carbocycles. The molecule has 4 rings (SSSR count). The first-order valence-electron chi connectivity index (χ1n) is 10.00. The maximum atomic E-state index is 12.6. The lowest BCUT2D eigenvalue weighted by molar-refractivity contribution is 0.0940. The summed E-state index contributed by atoms with van der Waals surface area (Å²) < 4.78 is 1.33. The van der Waals surface area contributed by atoms with Crippen LogP contribution >= 0.6 is 23.4 Å². The van der Waals surface area contributed by atoms with Gasteiger partial charge in [-0.15, -0.1) is 0 Å². The topological polar surface area (TPSA) is 64.0 Å². The highest BCUT2D eigenvalue weighted by Crippen LogP contribution is 2.26. The van der Waals surface area contributed by atoms with Gasteiger partial charge in [-0.05, 0) is 67.1 Å². The average Bonchev–Trinajstić information content (AvgIpc) is 2.82. The van der Waals surface area contributed by atoms with E-state index in [1.165, 1.54) is 22.5 Å². The summed E-state index contributed by atoms with van der Waals surface area (Å²) in [5.74, 6) is -0.180. The molecule has 0 aliphatic heterocycles. The maximum Gasteiger partial charge on any atom is 0.271 e. The van der Waals surface area contributed by atoms with Gasteiger partial charge in [-0.3, -0.25) is 9.59 Å². The molecule has 7 heteroatoms. The molecule has 1 aromatic heterocycles. The van der Waals surface area contributed by atoms with Crippen molar-refractivity contribution in [1.29, 1.82) is 0 Å². The van der Waals surface area contributed by atoms with Crippen LogP contribution in [-0.2, 0) is 0 Å². The first-order valence-corrected chi connectivity index (χ1v) is 11.2. The molecule has 4 aromatic rings. The molecule has 1 unspecified atom stereocenters. The third kappa shape index (κ3) is 5.28. The van der Waals surface area contributed by atoms with Crippen LogP contribution < -0.4 is 10.9 Å². The van der Waals surface area contributed by atoms with Crippen molar-refractivity contribution in [2.24, 2.45) is 0 Å². The van der Waals surface area contributed by atoms with E-state index in [-0.39, 0.29) is 17.5 Å². The SMILES string of the molecule is CC(NC(=O)c1ccc(-n2nc(Sc3ccc(Cl)cc3)ccc2=O)cc1)c1ccccc1. The third-order valence-electron chi connectivity index (χ3n) is 4.83. The molecule has 0 spiro atoms. The minimum atomic E-state index is -0.250. The number of aromatic nitrogens is 2. The Hall–Kier alpha value is -3.35. The molecule has 160 valence electrons. The van der Waals surface area contributed by atoms with Crippen molar-refractivity contribution in [2.75, 3.05) is 0 Å². The molecule has 1 N–H and O–H groups in total. The van der Waals surface area contributed by atoms with Crippen LogP contribution in [0, 0.1) is 0 Å². The summed E-state index contributed by atoms with van der Waals surface area (Å²) in [6, 6.07) is 27.0. The van der Waals surface area contributed by atoms with Gasteiger partial charge in [0.15, 0.2) is 0 Å². The van der Waals surface area contributed by atoms with E-state index in [9.17, 15) is 9.59 Å². The largest absolute Gasteiger partial charge is 0.346 e. The van der Waals surface area contributed by atoms with E-state index < -0.39 is 0 Å². The number of hydrogen-bond donors (Lipinski definition) is 1. The number of carbonyl (C=O) groups excluding carboxylic acids is 1. The minimum Gasteiger partial charge on any atom is -0.346 e. The zero-order valence-corrected chi connectivity index (χ0v) is 18.8. The minimum absolute atomic E-state index is 0.116. The quantitative estimate of drug-likeness (QED) is 0.410. The molecule has 32 heavy (non-hydrogen) atoms. The highest BCUT2D eigenvalue weighted by Gasteiger charge is 2.12. The molecule has 0 fully saturated rings. The number of hydrogen-bond acceptors (Lipinski definition) is 4. The van der Waals surface area contributed by atoms with Crippen LogP contribution in [0.3, 0.4) is 0 Å². The predicted octanol–water partition coefficient (Wildman–Crippen LogP) is 5.53. The van der Waals surface area contributed by atoms with E-state index >= 15 is 0 Å². The Morgan fingerprint density at radius 1 is 0.938 bits per heavy atom. The summed E-state index contributed by atoms with van der Waals surface area (Å²) >= 11 is 7.37. The lowest BCUT2D eigenvalue weighted by atomic mass is 10.1. The Balaban J connectivity index is 1.50. The van der Waals surface area contributed by atoms with Gasteiger partial charge in [-0.2, -0.15) is 9.78 Å². The Bertz CT molecular complexity index is 1270. The van der Waals surface area contributed by atoms with E-state index in [0.717, 1.165) is 10.5 Å². The van der Waals surface area contributed by atoms with Crippen LogP contribution in [0.1, 0.15) is 28.9 Å². The summed E-state index contributed by atoms with van der Waals surface area (Å²) in [6.45, 7) is 1.94.